The number of halogens is 3. The molecule has 0 saturated carbocycles. The third kappa shape index (κ3) is 10.0. The minimum Gasteiger partial charge on any atom is -0.481 e. The van der Waals surface area contributed by atoms with E-state index in [1.807, 2.05) is 0 Å². The number of carboxylic acids is 1. The molecule has 320 valence electrons. The molecule has 3 aromatic rings. The van der Waals surface area contributed by atoms with E-state index in [2.05, 4.69) is 15.0 Å². The fourth-order valence-corrected chi connectivity index (χ4v) is 9.37. The Labute approximate surface area is 339 Å². The molecule has 3 fully saturated rings. The number of benzene rings is 2. The minimum atomic E-state index is -4.95. The SMILES string of the molecule is CC(C)CS(=O)(=O)c1ccccc1Oc1ccc(-c2noc(CN3C(=O)N(CCN4CCOCC4)C4(CCN(C(=O)CCCCC(=O)O)CC4)C3=O)n2)cc1C(F)(F)F. The second kappa shape index (κ2) is 18.0. The molecule has 3 aliphatic heterocycles. The Kier molecular flexibility index (Phi) is 13.3. The van der Waals surface area contributed by atoms with Crippen molar-refractivity contribution < 1.29 is 59.9 Å². The smallest absolute Gasteiger partial charge is 0.420 e. The molecular formula is C39H47F3N6O10S. The Hall–Kier alpha value is -5.08. The summed E-state index contributed by atoms with van der Waals surface area (Å²) in [6, 6.07) is 7.87. The van der Waals surface area contributed by atoms with E-state index in [0.717, 1.165) is 17.0 Å². The van der Waals surface area contributed by atoms with Gasteiger partial charge in [-0.25, -0.2) is 13.2 Å². The molecule has 0 bridgehead atoms. The van der Waals surface area contributed by atoms with Gasteiger partial charge in [0.15, 0.2) is 9.84 Å². The van der Waals surface area contributed by atoms with E-state index in [1.54, 1.807) is 18.7 Å². The molecule has 6 rings (SSSR count). The Morgan fingerprint density at radius 1 is 0.966 bits per heavy atom. The first-order chi connectivity index (χ1) is 28.0. The van der Waals surface area contributed by atoms with Crippen LogP contribution in [0.15, 0.2) is 51.9 Å². The van der Waals surface area contributed by atoms with Gasteiger partial charge in [0.1, 0.15) is 28.5 Å². The molecule has 16 nitrogen and oxygen atoms in total. The van der Waals surface area contributed by atoms with Crippen LogP contribution in [0.1, 0.15) is 63.8 Å². The number of carbonyl (C=O) groups is 4. The number of carbonyl (C=O) groups excluding carboxylic acids is 3. The molecule has 4 heterocycles. The van der Waals surface area contributed by atoms with Gasteiger partial charge < -0.3 is 28.9 Å². The highest BCUT2D eigenvalue weighted by Crippen LogP contribution is 2.42. The zero-order chi connectivity index (χ0) is 42.5. The van der Waals surface area contributed by atoms with E-state index in [9.17, 15) is 40.8 Å². The maximum atomic E-state index is 14.5. The third-order valence-electron chi connectivity index (χ3n) is 10.6. The summed E-state index contributed by atoms with van der Waals surface area (Å²) >= 11 is 0. The van der Waals surface area contributed by atoms with Gasteiger partial charge in [-0.1, -0.05) is 31.1 Å². The molecule has 4 amide bonds. The number of nitrogens with zero attached hydrogens (tertiary/aromatic N) is 6. The fraction of sp³-hybridized carbons (Fsp3) is 0.538. The number of aromatic nitrogens is 2. The van der Waals surface area contributed by atoms with Crippen LogP contribution in [0, 0.1) is 5.92 Å². The molecule has 3 aliphatic rings. The molecule has 0 unspecified atom stereocenters. The largest absolute Gasteiger partial charge is 0.481 e. The average Bonchev–Trinajstić information content (AvgIpc) is 3.73. The summed E-state index contributed by atoms with van der Waals surface area (Å²) in [6.07, 6.45) is -3.73. The van der Waals surface area contributed by atoms with Gasteiger partial charge in [0.2, 0.25) is 17.6 Å². The molecule has 1 N–H and O–H groups in total. The van der Waals surface area contributed by atoms with Crippen molar-refractivity contribution in [1.29, 1.82) is 0 Å². The number of carboxylic acid groups (broad SMARTS) is 1. The van der Waals surface area contributed by atoms with E-state index in [0.29, 0.717) is 45.7 Å². The molecule has 3 saturated heterocycles. The standard InChI is InChI=1S/C39H47F3N6O10S/c1-26(2)25-59(54,55)31-8-4-3-7-30(31)57-29-12-11-27(23-28(29)39(40,41)42)35-43-32(58-44-35)24-47-36(52)38(48(37(47)53)18-17-45-19-21-56-22-20-45)13-15-46(16-14-38)33(49)9-5-6-10-34(50)51/h3-4,7-8,11-12,23,26H,5-6,9-10,13-22,24-25H2,1-2H3,(H,50,51). The number of aliphatic carboxylic acids is 1. The number of hydrogen-bond donors (Lipinski definition) is 1. The Morgan fingerprint density at radius 2 is 1.66 bits per heavy atom. The van der Waals surface area contributed by atoms with Crippen molar-refractivity contribution in [2.24, 2.45) is 5.92 Å². The Balaban J connectivity index is 1.20. The first-order valence-corrected chi connectivity index (χ1v) is 21.1. The lowest BCUT2D eigenvalue weighted by atomic mass is 9.85. The number of morpholine rings is 1. The fourth-order valence-electron chi connectivity index (χ4n) is 7.61. The average molecular weight is 849 g/mol. The highest BCUT2D eigenvalue weighted by molar-refractivity contribution is 7.91. The van der Waals surface area contributed by atoms with Crippen molar-refractivity contribution in [1.82, 2.24) is 29.7 Å². The first kappa shape index (κ1) is 43.5. The molecule has 0 atom stereocenters. The number of urea groups is 1. The van der Waals surface area contributed by atoms with Crippen LogP contribution in [0.3, 0.4) is 0 Å². The molecule has 0 aliphatic carbocycles. The summed E-state index contributed by atoms with van der Waals surface area (Å²) in [5.74, 6) is -3.49. The lowest BCUT2D eigenvalue weighted by Crippen LogP contribution is -2.58. The maximum absolute atomic E-state index is 14.5. The van der Waals surface area contributed by atoms with Gasteiger partial charge in [-0.15, -0.1) is 0 Å². The number of para-hydroxylation sites is 1. The molecule has 2 aromatic carbocycles. The maximum Gasteiger partial charge on any atom is 0.420 e. The zero-order valence-corrected chi connectivity index (χ0v) is 33.6. The van der Waals surface area contributed by atoms with Gasteiger partial charge in [0, 0.05) is 57.7 Å². The Morgan fingerprint density at radius 3 is 2.34 bits per heavy atom. The summed E-state index contributed by atoms with van der Waals surface area (Å²) in [4.78, 5) is 62.4. The van der Waals surface area contributed by atoms with Gasteiger partial charge in [-0.05, 0) is 61.9 Å². The van der Waals surface area contributed by atoms with Crippen LogP contribution in [0.5, 0.6) is 11.5 Å². The van der Waals surface area contributed by atoms with Gasteiger partial charge in [-0.3, -0.25) is 24.2 Å². The van der Waals surface area contributed by atoms with E-state index >= 15 is 0 Å². The van der Waals surface area contributed by atoms with Crippen molar-refractivity contribution in [3.63, 3.8) is 0 Å². The topological polar surface area (TPSA) is 193 Å². The number of piperidine rings is 1. The van der Waals surface area contributed by atoms with Crippen LogP contribution in [0.25, 0.3) is 11.4 Å². The van der Waals surface area contributed by atoms with Gasteiger partial charge in [0.05, 0.1) is 24.5 Å². The van der Waals surface area contributed by atoms with Crippen molar-refractivity contribution in [2.75, 3.05) is 58.2 Å². The highest BCUT2D eigenvalue weighted by Gasteiger charge is 2.58. The monoisotopic (exact) mass is 848 g/mol. The molecular weight excluding hydrogens is 802 g/mol. The number of sulfone groups is 1. The number of rotatable bonds is 16. The number of alkyl halides is 3. The molecule has 59 heavy (non-hydrogen) atoms. The lowest BCUT2D eigenvalue weighted by Gasteiger charge is -2.43. The van der Waals surface area contributed by atoms with Gasteiger partial charge in [0.25, 0.3) is 5.91 Å². The molecule has 0 radical (unpaired) electrons. The van der Waals surface area contributed by atoms with Crippen LogP contribution >= 0.6 is 0 Å². The van der Waals surface area contributed by atoms with Gasteiger partial charge >= 0.3 is 18.2 Å². The lowest BCUT2D eigenvalue weighted by molar-refractivity contribution is -0.141. The summed E-state index contributed by atoms with van der Waals surface area (Å²) in [7, 11) is -3.89. The predicted molar refractivity (Wildman–Crippen MR) is 203 cm³/mol. The quantitative estimate of drug-likeness (QED) is 0.148. The van der Waals surface area contributed by atoms with E-state index in [4.69, 9.17) is 19.1 Å². The number of ether oxygens (including phenoxy) is 2. The van der Waals surface area contributed by atoms with Gasteiger partial charge in [-0.2, -0.15) is 18.2 Å². The molecule has 20 heteroatoms. The summed E-state index contributed by atoms with van der Waals surface area (Å²) in [5.41, 5.74) is -2.62. The van der Waals surface area contributed by atoms with E-state index in [1.165, 1.54) is 35.2 Å². The normalized spacial score (nSPS) is 17.7. The second-order valence-corrected chi connectivity index (χ2v) is 17.2. The van der Waals surface area contributed by atoms with Crippen LogP contribution in [-0.4, -0.2) is 131 Å². The Bertz CT molecular complexity index is 2130. The van der Waals surface area contributed by atoms with Crippen molar-refractivity contribution in [3.8, 4) is 22.9 Å². The summed E-state index contributed by atoms with van der Waals surface area (Å²) < 4.78 is 85.9. The number of likely N-dealkylation sites (tertiary alicyclic amines) is 1. The van der Waals surface area contributed by atoms with Crippen LogP contribution in [-0.2, 0) is 41.7 Å². The van der Waals surface area contributed by atoms with Crippen molar-refractivity contribution in [3.05, 3.63) is 53.9 Å². The van der Waals surface area contributed by atoms with E-state index < -0.39 is 57.3 Å². The predicted octanol–water partition coefficient (Wildman–Crippen LogP) is 5.08. The number of hydrogen-bond acceptors (Lipinski definition) is 12. The first-order valence-electron chi connectivity index (χ1n) is 19.5. The van der Waals surface area contributed by atoms with Crippen LogP contribution < -0.4 is 4.74 Å². The second-order valence-electron chi connectivity index (χ2n) is 15.2. The number of amides is 4. The minimum absolute atomic E-state index is 0.0393. The van der Waals surface area contributed by atoms with Crippen LogP contribution in [0.4, 0.5) is 18.0 Å². The van der Waals surface area contributed by atoms with Crippen molar-refractivity contribution >= 4 is 33.7 Å². The van der Waals surface area contributed by atoms with Crippen LogP contribution in [0.2, 0.25) is 0 Å². The molecule has 1 spiro atoms. The zero-order valence-electron chi connectivity index (χ0n) is 32.8. The number of imide groups is 1. The third-order valence-corrected chi connectivity index (χ3v) is 12.7. The van der Waals surface area contributed by atoms with Crippen molar-refractivity contribution in [2.45, 2.75) is 75.5 Å². The summed E-state index contributed by atoms with van der Waals surface area (Å²) in [5, 5.41) is 12.7. The van der Waals surface area contributed by atoms with E-state index in [-0.39, 0.29) is 90.8 Å². The highest BCUT2D eigenvalue weighted by atomic mass is 32.2. The summed E-state index contributed by atoms with van der Waals surface area (Å²) in [6.45, 7) is 6.40. The number of unbranched alkanes of at least 4 members (excludes halogenated alkanes) is 1. The molecule has 1 aromatic heterocycles.